The Morgan fingerprint density at radius 2 is 2.09 bits per heavy atom. The lowest BCUT2D eigenvalue weighted by molar-refractivity contribution is 0.585. The molecule has 0 aliphatic carbocycles. The number of hydrogen-bond donors (Lipinski definition) is 1. The fraction of sp³-hybridized carbons (Fsp3) is 0.286. The van der Waals surface area contributed by atoms with Gasteiger partial charge in [-0.1, -0.05) is 0 Å². The summed E-state index contributed by atoms with van der Waals surface area (Å²) < 4.78 is 28.6. The lowest BCUT2D eigenvalue weighted by atomic mass is 10.2. The van der Waals surface area contributed by atoms with E-state index in [2.05, 4.69) is 9.97 Å². The molecule has 0 spiro atoms. The normalized spacial score (nSPS) is 12.1. The van der Waals surface area contributed by atoms with Crippen LogP contribution in [0.15, 0.2) is 35.7 Å². The molecular formula is C14H17N5O2S. The van der Waals surface area contributed by atoms with E-state index in [1.54, 1.807) is 37.0 Å². The van der Waals surface area contributed by atoms with Crippen molar-refractivity contribution < 1.29 is 8.42 Å². The van der Waals surface area contributed by atoms with Gasteiger partial charge in [0.05, 0.1) is 0 Å². The Hall–Kier alpha value is -2.19. The summed E-state index contributed by atoms with van der Waals surface area (Å²) in [7, 11) is -2.03. The lowest BCUT2D eigenvalue weighted by Gasteiger charge is -2.03. The van der Waals surface area contributed by atoms with Crippen LogP contribution < -0.4 is 5.73 Å². The van der Waals surface area contributed by atoms with Crippen LogP contribution in [0.1, 0.15) is 11.4 Å². The number of rotatable bonds is 4. The molecule has 2 N–H and O–H groups in total. The summed E-state index contributed by atoms with van der Waals surface area (Å²) >= 11 is 0. The van der Waals surface area contributed by atoms with Crippen LogP contribution in [-0.4, -0.2) is 33.5 Å². The minimum atomic E-state index is -3.78. The monoisotopic (exact) mass is 319 g/mol. The molecule has 8 heteroatoms. The molecule has 0 atom stereocenters. The molecule has 0 radical (unpaired) electrons. The highest BCUT2D eigenvalue weighted by Crippen LogP contribution is 2.24. The van der Waals surface area contributed by atoms with Crippen molar-refractivity contribution in [1.82, 2.24) is 18.5 Å². The maximum atomic E-state index is 12.8. The number of aromatic nitrogens is 4. The third kappa shape index (κ3) is 2.20. The quantitative estimate of drug-likeness (QED) is 0.768. The molecule has 0 aliphatic rings. The minimum absolute atomic E-state index is 0.00866. The second-order valence-electron chi connectivity index (χ2n) is 5.11. The van der Waals surface area contributed by atoms with Crippen LogP contribution in [0, 0.1) is 6.92 Å². The van der Waals surface area contributed by atoms with Gasteiger partial charge in [-0.3, -0.25) is 0 Å². The van der Waals surface area contributed by atoms with Gasteiger partial charge in [0.2, 0.25) is 0 Å². The number of pyridine rings is 1. The third-order valence-corrected chi connectivity index (χ3v) is 5.16. The lowest BCUT2D eigenvalue weighted by Crippen LogP contribution is -2.13. The Labute approximate surface area is 128 Å². The molecule has 0 amide bonds. The predicted octanol–water partition coefficient (Wildman–Crippen LogP) is 0.816. The van der Waals surface area contributed by atoms with E-state index in [1.807, 2.05) is 6.07 Å². The molecule has 0 saturated heterocycles. The highest BCUT2D eigenvalue weighted by Gasteiger charge is 2.24. The van der Waals surface area contributed by atoms with Crippen molar-refractivity contribution in [3.8, 4) is 0 Å². The Bertz CT molecular complexity index is 920. The fourth-order valence-corrected chi connectivity index (χ4v) is 3.76. The largest absolute Gasteiger partial charge is 0.337 e. The van der Waals surface area contributed by atoms with Crippen molar-refractivity contribution in [3.05, 3.63) is 42.1 Å². The predicted molar refractivity (Wildman–Crippen MR) is 83.0 cm³/mol. The van der Waals surface area contributed by atoms with E-state index >= 15 is 0 Å². The van der Waals surface area contributed by atoms with Gasteiger partial charge < -0.3 is 10.3 Å². The zero-order valence-electron chi connectivity index (χ0n) is 12.4. The molecule has 3 aromatic rings. The number of aryl methyl sites for hydroxylation is 2. The van der Waals surface area contributed by atoms with Gasteiger partial charge in [0.15, 0.2) is 10.7 Å². The average molecular weight is 319 g/mol. The highest BCUT2D eigenvalue weighted by atomic mass is 32.2. The van der Waals surface area contributed by atoms with Gasteiger partial charge >= 0.3 is 0 Å². The first kappa shape index (κ1) is 14.7. The maximum Gasteiger partial charge on any atom is 0.288 e. The number of nitrogens with two attached hydrogens (primary N) is 1. The molecule has 0 fully saturated rings. The van der Waals surface area contributed by atoms with Crippen LogP contribution in [0.5, 0.6) is 0 Å². The number of nitrogens with zero attached hydrogens (tertiary/aromatic N) is 4. The van der Waals surface area contributed by atoms with Crippen LogP contribution >= 0.6 is 0 Å². The van der Waals surface area contributed by atoms with Gasteiger partial charge in [0.1, 0.15) is 5.82 Å². The van der Waals surface area contributed by atoms with E-state index in [4.69, 9.17) is 5.73 Å². The average Bonchev–Trinajstić information content (AvgIpc) is 3.02. The zero-order chi connectivity index (χ0) is 15.9. The summed E-state index contributed by atoms with van der Waals surface area (Å²) in [4.78, 5) is 8.34. The first-order valence-corrected chi connectivity index (χ1v) is 8.29. The second-order valence-corrected chi connectivity index (χ2v) is 6.87. The van der Waals surface area contributed by atoms with E-state index in [0.29, 0.717) is 24.4 Å². The van der Waals surface area contributed by atoms with E-state index in [0.717, 1.165) is 10.9 Å². The van der Waals surface area contributed by atoms with Gasteiger partial charge in [-0.05, 0) is 37.6 Å². The highest BCUT2D eigenvalue weighted by molar-refractivity contribution is 7.90. The molecule has 116 valence electrons. The number of imidazole rings is 1. The van der Waals surface area contributed by atoms with Crippen molar-refractivity contribution in [1.29, 1.82) is 0 Å². The topological polar surface area (TPSA) is 95.8 Å². The van der Waals surface area contributed by atoms with Crippen LogP contribution in [0.4, 0.5) is 0 Å². The van der Waals surface area contributed by atoms with Crippen molar-refractivity contribution in [2.75, 3.05) is 6.54 Å². The van der Waals surface area contributed by atoms with Crippen molar-refractivity contribution >= 4 is 21.1 Å². The van der Waals surface area contributed by atoms with Gasteiger partial charge in [0, 0.05) is 31.0 Å². The molecule has 3 rings (SSSR count). The van der Waals surface area contributed by atoms with E-state index in [-0.39, 0.29) is 5.03 Å². The molecule has 0 bridgehead atoms. The molecular weight excluding hydrogens is 302 g/mol. The summed E-state index contributed by atoms with van der Waals surface area (Å²) in [5.41, 5.74) is 6.87. The number of hydrogen-bond acceptors (Lipinski definition) is 5. The van der Waals surface area contributed by atoms with Crippen molar-refractivity contribution in [2.45, 2.75) is 18.4 Å². The molecule has 0 saturated carbocycles. The molecule has 0 aliphatic heterocycles. The Morgan fingerprint density at radius 3 is 2.73 bits per heavy atom. The van der Waals surface area contributed by atoms with Crippen molar-refractivity contribution in [2.24, 2.45) is 12.8 Å². The van der Waals surface area contributed by atoms with Gasteiger partial charge in [-0.15, -0.1) is 0 Å². The molecule has 0 aromatic carbocycles. The SMILES string of the molecule is Cc1nc(S(=O)(=O)n2cc(CCN)c3cccnc32)cn1C. The summed E-state index contributed by atoms with van der Waals surface area (Å²) in [5.74, 6) is 0.630. The molecule has 3 heterocycles. The Balaban J connectivity index is 2.25. The van der Waals surface area contributed by atoms with Gasteiger partial charge in [-0.25, -0.2) is 13.9 Å². The smallest absolute Gasteiger partial charge is 0.288 e. The summed E-state index contributed by atoms with van der Waals surface area (Å²) in [6, 6.07) is 3.63. The summed E-state index contributed by atoms with van der Waals surface area (Å²) in [5, 5.41) is 0.804. The number of fused-ring (bicyclic) bond motifs is 1. The summed E-state index contributed by atoms with van der Waals surface area (Å²) in [6.07, 6.45) is 5.25. The fourth-order valence-electron chi connectivity index (χ4n) is 2.38. The Kier molecular flexibility index (Phi) is 3.50. The zero-order valence-corrected chi connectivity index (χ0v) is 13.2. The van der Waals surface area contributed by atoms with E-state index < -0.39 is 10.0 Å². The second kappa shape index (κ2) is 5.22. The van der Waals surface area contributed by atoms with Crippen LogP contribution in [-0.2, 0) is 23.5 Å². The Morgan fingerprint density at radius 1 is 1.32 bits per heavy atom. The van der Waals surface area contributed by atoms with Crippen LogP contribution in [0.25, 0.3) is 11.0 Å². The van der Waals surface area contributed by atoms with E-state index in [9.17, 15) is 8.42 Å². The first-order valence-electron chi connectivity index (χ1n) is 6.85. The maximum absolute atomic E-state index is 12.8. The molecule has 3 aromatic heterocycles. The van der Waals surface area contributed by atoms with Crippen LogP contribution in [0.3, 0.4) is 0 Å². The van der Waals surface area contributed by atoms with Crippen molar-refractivity contribution in [3.63, 3.8) is 0 Å². The summed E-state index contributed by atoms with van der Waals surface area (Å²) in [6.45, 7) is 2.20. The molecule has 0 unspecified atom stereocenters. The molecule has 22 heavy (non-hydrogen) atoms. The van der Waals surface area contributed by atoms with E-state index in [1.165, 1.54) is 10.2 Å². The molecule has 7 nitrogen and oxygen atoms in total. The standard InChI is InChI=1S/C14H17N5O2S/c1-10-17-13(9-18(10)2)22(20,21)19-8-11(5-6-15)12-4-3-7-16-14(12)19/h3-4,7-9H,5-6,15H2,1-2H3. The first-order chi connectivity index (χ1) is 10.4. The van der Waals surface area contributed by atoms with Gasteiger partial charge in [0.25, 0.3) is 10.0 Å². The van der Waals surface area contributed by atoms with Crippen LogP contribution in [0.2, 0.25) is 0 Å². The minimum Gasteiger partial charge on any atom is -0.337 e. The van der Waals surface area contributed by atoms with Gasteiger partial charge in [-0.2, -0.15) is 8.42 Å². The third-order valence-electron chi connectivity index (χ3n) is 3.64.